The van der Waals surface area contributed by atoms with Crippen molar-refractivity contribution in [2.45, 2.75) is 18.9 Å². The quantitative estimate of drug-likeness (QED) is 0.704. The summed E-state index contributed by atoms with van der Waals surface area (Å²) >= 11 is 0. The summed E-state index contributed by atoms with van der Waals surface area (Å²) in [6, 6.07) is 20.6. The normalized spacial score (nSPS) is 16.4. The van der Waals surface area contributed by atoms with Crippen molar-refractivity contribution in [2.75, 3.05) is 53.4 Å². The van der Waals surface area contributed by atoms with Crippen LogP contribution in [0.5, 0.6) is 0 Å². The first kappa shape index (κ1) is 20.7. The van der Waals surface area contributed by atoms with Gasteiger partial charge < -0.3 is 9.80 Å². The fourth-order valence-corrected chi connectivity index (χ4v) is 4.44. The molecule has 0 spiro atoms. The van der Waals surface area contributed by atoms with Gasteiger partial charge in [0.15, 0.2) is 5.78 Å². The standard InChI is InChI=1S/C24H33N3O/c1-21(28)24(22-11-6-4-7-12-22,23-13-8-5-9-14-23)27-19-17-26(18-20-27)16-10-15-25(2)3/h4-9,11-14H,10,15-20H2,1-3H3. The Bertz CT molecular complexity index is 697. The van der Waals surface area contributed by atoms with E-state index in [4.69, 9.17) is 0 Å². The fourth-order valence-electron chi connectivity index (χ4n) is 4.44. The van der Waals surface area contributed by atoms with Crippen molar-refractivity contribution < 1.29 is 4.79 Å². The molecule has 0 amide bonds. The van der Waals surface area contributed by atoms with Crippen LogP contribution in [0.15, 0.2) is 60.7 Å². The van der Waals surface area contributed by atoms with E-state index in [0.717, 1.165) is 50.4 Å². The predicted octanol–water partition coefficient (Wildman–Crippen LogP) is 3.09. The third-order valence-electron chi connectivity index (χ3n) is 5.82. The van der Waals surface area contributed by atoms with Crippen LogP contribution in [0.25, 0.3) is 0 Å². The molecule has 1 saturated heterocycles. The minimum Gasteiger partial charge on any atom is -0.309 e. The van der Waals surface area contributed by atoms with Crippen LogP contribution in [-0.4, -0.2) is 73.8 Å². The summed E-state index contributed by atoms with van der Waals surface area (Å²) in [6.07, 6.45) is 1.18. The molecule has 0 aliphatic carbocycles. The molecule has 28 heavy (non-hydrogen) atoms. The van der Waals surface area contributed by atoms with Gasteiger partial charge in [-0.25, -0.2) is 0 Å². The van der Waals surface area contributed by atoms with Crippen LogP contribution in [0.1, 0.15) is 24.5 Å². The van der Waals surface area contributed by atoms with Gasteiger partial charge >= 0.3 is 0 Å². The molecular weight excluding hydrogens is 346 g/mol. The van der Waals surface area contributed by atoms with Gasteiger partial charge in [-0.2, -0.15) is 0 Å². The van der Waals surface area contributed by atoms with Gasteiger partial charge in [0.05, 0.1) is 0 Å². The van der Waals surface area contributed by atoms with Crippen molar-refractivity contribution in [3.8, 4) is 0 Å². The van der Waals surface area contributed by atoms with Gasteiger partial charge in [0, 0.05) is 26.2 Å². The van der Waals surface area contributed by atoms with E-state index in [0.29, 0.717) is 0 Å². The highest BCUT2D eigenvalue weighted by Gasteiger charge is 2.45. The van der Waals surface area contributed by atoms with Crippen LogP contribution in [0, 0.1) is 0 Å². The van der Waals surface area contributed by atoms with E-state index in [-0.39, 0.29) is 5.78 Å². The Morgan fingerprint density at radius 3 is 1.82 bits per heavy atom. The third kappa shape index (κ3) is 4.35. The number of hydrogen-bond donors (Lipinski definition) is 0. The molecule has 1 fully saturated rings. The second kappa shape index (κ2) is 9.46. The van der Waals surface area contributed by atoms with E-state index in [1.165, 1.54) is 6.42 Å². The van der Waals surface area contributed by atoms with Crippen molar-refractivity contribution in [1.29, 1.82) is 0 Å². The number of piperazine rings is 1. The second-order valence-electron chi connectivity index (χ2n) is 7.98. The van der Waals surface area contributed by atoms with Crippen molar-refractivity contribution in [3.63, 3.8) is 0 Å². The Morgan fingerprint density at radius 1 is 0.893 bits per heavy atom. The molecule has 1 aliphatic heterocycles. The lowest BCUT2D eigenvalue weighted by molar-refractivity contribution is -0.128. The Kier molecular flexibility index (Phi) is 7.00. The first-order valence-corrected chi connectivity index (χ1v) is 10.3. The Hall–Kier alpha value is -2.01. The monoisotopic (exact) mass is 379 g/mol. The van der Waals surface area contributed by atoms with Gasteiger partial charge in [-0.3, -0.25) is 9.69 Å². The summed E-state index contributed by atoms with van der Waals surface area (Å²) < 4.78 is 0. The summed E-state index contributed by atoms with van der Waals surface area (Å²) in [5.41, 5.74) is 1.42. The van der Waals surface area contributed by atoms with E-state index in [1.54, 1.807) is 6.92 Å². The summed E-state index contributed by atoms with van der Waals surface area (Å²) in [4.78, 5) is 20.4. The molecule has 0 aromatic heterocycles. The third-order valence-corrected chi connectivity index (χ3v) is 5.82. The van der Waals surface area contributed by atoms with Crippen LogP contribution >= 0.6 is 0 Å². The van der Waals surface area contributed by atoms with E-state index in [2.05, 4.69) is 53.1 Å². The Balaban J connectivity index is 1.86. The lowest BCUT2D eigenvalue weighted by Gasteiger charge is -2.47. The zero-order valence-corrected chi connectivity index (χ0v) is 17.5. The molecule has 2 aromatic rings. The van der Waals surface area contributed by atoms with Crippen molar-refractivity contribution in [3.05, 3.63) is 71.8 Å². The van der Waals surface area contributed by atoms with Gasteiger partial charge in [0.25, 0.3) is 0 Å². The molecule has 2 aromatic carbocycles. The number of benzene rings is 2. The molecule has 0 radical (unpaired) electrons. The number of carbonyl (C=O) groups is 1. The van der Waals surface area contributed by atoms with Crippen molar-refractivity contribution in [1.82, 2.24) is 14.7 Å². The molecule has 0 bridgehead atoms. The highest BCUT2D eigenvalue weighted by atomic mass is 16.1. The second-order valence-corrected chi connectivity index (χ2v) is 7.98. The summed E-state index contributed by atoms with van der Waals surface area (Å²) in [6.45, 7) is 7.77. The molecular formula is C24H33N3O. The number of Topliss-reactive ketones (excluding diaryl/α,β-unsaturated/α-hetero) is 1. The van der Waals surface area contributed by atoms with Crippen LogP contribution in [0.2, 0.25) is 0 Å². The molecule has 3 rings (SSSR count). The minimum atomic E-state index is -0.710. The number of nitrogens with zero attached hydrogens (tertiary/aromatic N) is 3. The molecule has 0 N–H and O–H groups in total. The topological polar surface area (TPSA) is 26.8 Å². The Morgan fingerprint density at radius 2 is 1.39 bits per heavy atom. The lowest BCUT2D eigenvalue weighted by atomic mass is 9.77. The maximum Gasteiger partial charge on any atom is 0.159 e. The van der Waals surface area contributed by atoms with Crippen LogP contribution in [0.3, 0.4) is 0 Å². The Labute approximate surface area is 169 Å². The first-order chi connectivity index (χ1) is 13.5. The zero-order valence-electron chi connectivity index (χ0n) is 17.5. The number of ketones is 1. The van der Waals surface area contributed by atoms with Crippen LogP contribution in [0.4, 0.5) is 0 Å². The summed E-state index contributed by atoms with van der Waals surface area (Å²) in [5, 5.41) is 0. The van der Waals surface area contributed by atoms with Gasteiger partial charge in [-0.1, -0.05) is 60.7 Å². The average molecular weight is 380 g/mol. The molecule has 1 aliphatic rings. The number of hydrogen-bond acceptors (Lipinski definition) is 4. The van der Waals surface area contributed by atoms with Gasteiger partial charge in [-0.15, -0.1) is 0 Å². The molecule has 4 heteroatoms. The minimum absolute atomic E-state index is 0.186. The van der Waals surface area contributed by atoms with Crippen LogP contribution < -0.4 is 0 Å². The molecule has 0 atom stereocenters. The fraction of sp³-hybridized carbons (Fsp3) is 0.458. The summed E-state index contributed by atoms with van der Waals surface area (Å²) in [7, 11) is 4.25. The number of rotatable bonds is 8. The number of carbonyl (C=O) groups excluding carboxylic acids is 1. The first-order valence-electron chi connectivity index (χ1n) is 10.3. The zero-order chi connectivity index (χ0) is 20.0. The maximum absolute atomic E-state index is 13.2. The van der Waals surface area contributed by atoms with Crippen molar-refractivity contribution in [2.24, 2.45) is 0 Å². The maximum atomic E-state index is 13.2. The molecule has 0 saturated carbocycles. The highest BCUT2D eigenvalue weighted by Crippen LogP contribution is 2.37. The summed E-state index contributed by atoms with van der Waals surface area (Å²) in [5.74, 6) is 0.186. The van der Waals surface area contributed by atoms with E-state index >= 15 is 0 Å². The van der Waals surface area contributed by atoms with Crippen LogP contribution in [-0.2, 0) is 10.3 Å². The van der Waals surface area contributed by atoms with Gasteiger partial charge in [0.2, 0.25) is 0 Å². The molecule has 1 heterocycles. The largest absolute Gasteiger partial charge is 0.309 e. The van der Waals surface area contributed by atoms with Gasteiger partial charge in [-0.05, 0) is 51.7 Å². The van der Waals surface area contributed by atoms with E-state index < -0.39 is 5.54 Å². The molecule has 0 unspecified atom stereocenters. The van der Waals surface area contributed by atoms with E-state index in [1.807, 2.05) is 36.4 Å². The predicted molar refractivity (Wildman–Crippen MR) is 116 cm³/mol. The van der Waals surface area contributed by atoms with Crippen molar-refractivity contribution >= 4 is 5.78 Å². The van der Waals surface area contributed by atoms with Gasteiger partial charge in [0.1, 0.15) is 5.54 Å². The van der Waals surface area contributed by atoms with E-state index in [9.17, 15) is 4.79 Å². The average Bonchev–Trinajstić information content (AvgIpc) is 2.71. The lowest BCUT2D eigenvalue weighted by Crippen LogP contribution is -2.59. The highest BCUT2D eigenvalue weighted by molar-refractivity contribution is 5.91. The molecule has 4 nitrogen and oxygen atoms in total. The SMILES string of the molecule is CC(=O)C(c1ccccc1)(c1ccccc1)N1CCN(CCCN(C)C)CC1. The smallest absolute Gasteiger partial charge is 0.159 e. The molecule has 150 valence electrons.